The second-order valence-electron chi connectivity index (χ2n) is 11.4. The predicted octanol–water partition coefficient (Wildman–Crippen LogP) is 8.61. The molecule has 3 aliphatic rings. The normalized spacial score (nSPS) is 18.7. The number of nitrogens with zero attached hydrogens (tertiary/aromatic N) is 3. The SMILES string of the molecule is C1=CC2C(c3ccccc3N2c2ccccc2)c2c1oc1cccc(C3N=C(c4ccccc4)NC(c4ccccc4)=N3)c21. The largest absolute Gasteiger partial charge is 0.456 e. The zero-order valence-electron chi connectivity index (χ0n) is 23.8. The lowest BCUT2D eigenvalue weighted by atomic mass is 9.81. The van der Waals surface area contributed by atoms with Gasteiger partial charge in [-0.3, -0.25) is 0 Å². The minimum absolute atomic E-state index is 0.102. The summed E-state index contributed by atoms with van der Waals surface area (Å²) >= 11 is 0. The summed E-state index contributed by atoms with van der Waals surface area (Å²) in [7, 11) is 0. The lowest BCUT2D eigenvalue weighted by Gasteiger charge is -2.30. The molecule has 3 heterocycles. The van der Waals surface area contributed by atoms with Crippen molar-refractivity contribution in [2.24, 2.45) is 9.98 Å². The Morgan fingerprint density at radius 2 is 1.23 bits per heavy atom. The van der Waals surface area contributed by atoms with E-state index in [0.29, 0.717) is 0 Å². The van der Waals surface area contributed by atoms with E-state index in [1.165, 1.54) is 22.5 Å². The fourth-order valence-electron chi connectivity index (χ4n) is 7.01. The highest BCUT2D eigenvalue weighted by molar-refractivity contribution is 6.16. The van der Waals surface area contributed by atoms with E-state index in [1.54, 1.807) is 0 Å². The third kappa shape index (κ3) is 3.86. The van der Waals surface area contributed by atoms with Gasteiger partial charge in [0.05, 0.1) is 6.04 Å². The molecule has 2 aliphatic heterocycles. The van der Waals surface area contributed by atoms with Crippen LogP contribution < -0.4 is 10.2 Å². The third-order valence-electron chi connectivity index (χ3n) is 8.89. The first kappa shape index (κ1) is 24.9. The molecule has 1 N–H and O–H groups in total. The van der Waals surface area contributed by atoms with Gasteiger partial charge in [-0.15, -0.1) is 0 Å². The Bertz CT molecular complexity index is 2060. The average Bonchev–Trinajstić information content (AvgIpc) is 3.65. The number of rotatable bonds is 4. The van der Waals surface area contributed by atoms with E-state index in [2.05, 4.69) is 119 Å². The van der Waals surface area contributed by atoms with Crippen LogP contribution in [0.3, 0.4) is 0 Å². The molecule has 0 fully saturated rings. The van der Waals surface area contributed by atoms with Gasteiger partial charge in [0.15, 0.2) is 6.17 Å². The van der Waals surface area contributed by atoms with Crippen molar-refractivity contribution in [1.29, 1.82) is 0 Å². The standard InChI is InChI=1S/C39H28N4O/c1-4-13-25(14-5-1)37-40-38(26-15-6-2-7-16-26)42-39(41-37)29-20-12-22-32-35(29)36-33(44-32)24-23-31-34(36)28-19-10-11-21-30(28)43(31)27-17-8-3-9-18-27/h1-24,31,34,39H,(H,40,41,42). The minimum Gasteiger partial charge on any atom is -0.456 e. The van der Waals surface area contributed by atoms with Gasteiger partial charge in [-0.05, 0) is 35.9 Å². The summed E-state index contributed by atoms with van der Waals surface area (Å²) in [6.07, 6.45) is 4.00. The molecule has 2 atom stereocenters. The van der Waals surface area contributed by atoms with Gasteiger partial charge in [-0.1, -0.05) is 115 Å². The molecule has 1 aromatic heterocycles. The van der Waals surface area contributed by atoms with Gasteiger partial charge in [-0.25, -0.2) is 9.98 Å². The van der Waals surface area contributed by atoms with Crippen LogP contribution >= 0.6 is 0 Å². The van der Waals surface area contributed by atoms with E-state index in [1.807, 2.05) is 36.4 Å². The summed E-state index contributed by atoms with van der Waals surface area (Å²) in [5.74, 6) is 2.62. The van der Waals surface area contributed by atoms with Crippen LogP contribution in [0.2, 0.25) is 0 Å². The molecular weight excluding hydrogens is 540 g/mol. The Hall–Kier alpha value is -5.68. The number of nitrogens with one attached hydrogen (secondary N) is 1. The van der Waals surface area contributed by atoms with Crippen molar-refractivity contribution in [3.8, 4) is 0 Å². The van der Waals surface area contributed by atoms with Gasteiger partial charge in [0.1, 0.15) is 23.0 Å². The fourth-order valence-corrected chi connectivity index (χ4v) is 7.01. The van der Waals surface area contributed by atoms with Gasteiger partial charge in [-0.2, -0.15) is 0 Å². The molecule has 9 rings (SSSR count). The van der Waals surface area contributed by atoms with Crippen molar-refractivity contribution in [2.45, 2.75) is 18.1 Å². The highest BCUT2D eigenvalue weighted by atomic mass is 16.3. The second-order valence-corrected chi connectivity index (χ2v) is 11.4. The smallest absolute Gasteiger partial charge is 0.170 e. The average molecular weight is 569 g/mol. The van der Waals surface area contributed by atoms with E-state index in [0.717, 1.165) is 45.1 Å². The summed E-state index contributed by atoms with van der Waals surface area (Å²) < 4.78 is 6.59. The zero-order chi connectivity index (χ0) is 29.0. The van der Waals surface area contributed by atoms with Crippen LogP contribution in [0, 0.1) is 0 Å². The molecule has 0 saturated carbocycles. The van der Waals surface area contributed by atoms with Crippen LogP contribution in [0.1, 0.15) is 45.7 Å². The number of benzene rings is 5. The van der Waals surface area contributed by atoms with E-state index in [9.17, 15) is 0 Å². The van der Waals surface area contributed by atoms with Crippen molar-refractivity contribution in [2.75, 3.05) is 4.90 Å². The Balaban J connectivity index is 1.25. The maximum Gasteiger partial charge on any atom is 0.170 e. The van der Waals surface area contributed by atoms with Gasteiger partial charge in [0.2, 0.25) is 0 Å². The van der Waals surface area contributed by atoms with E-state index in [-0.39, 0.29) is 12.0 Å². The first-order valence-corrected chi connectivity index (χ1v) is 15.0. The third-order valence-corrected chi connectivity index (χ3v) is 8.89. The summed E-state index contributed by atoms with van der Waals surface area (Å²) in [6.45, 7) is 0. The topological polar surface area (TPSA) is 53.1 Å². The first-order valence-electron chi connectivity index (χ1n) is 15.0. The zero-order valence-corrected chi connectivity index (χ0v) is 23.8. The molecular formula is C39H28N4O. The van der Waals surface area contributed by atoms with Crippen LogP contribution in [-0.2, 0) is 0 Å². The molecule has 0 saturated heterocycles. The predicted molar refractivity (Wildman–Crippen MR) is 178 cm³/mol. The number of anilines is 2. The molecule has 0 radical (unpaired) electrons. The van der Waals surface area contributed by atoms with Gasteiger partial charge < -0.3 is 14.6 Å². The number of amidine groups is 2. The molecule has 0 amide bonds. The number of para-hydroxylation sites is 2. The molecule has 44 heavy (non-hydrogen) atoms. The van der Waals surface area contributed by atoms with E-state index >= 15 is 0 Å². The quantitative estimate of drug-likeness (QED) is 0.232. The minimum atomic E-state index is -0.446. The highest BCUT2D eigenvalue weighted by Gasteiger charge is 2.44. The maximum absolute atomic E-state index is 6.59. The molecule has 0 spiro atoms. The molecule has 1 aliphatic carbocycles. The second kappa shape index (κ2) is 9.96. The van der Waals surface area contributed by atoms with Gasteiger partial charge >= 0.3 is 0 Å². The molecule has 5 heteroatoms. The summed E-state index contributed by atoms with van der Waals surface area (Å²) in [5, 5.41) is 4.63. The number of hydrogen-bond donors (Lipinski definition) is 1. The number of aliphatic imine (C=N–C) groups is 2. The highest BCUT2D eigenvalue weighted by Crippen LogP contribution is 2.54. The molecule has 5 nitrogen and oxygen atoms in total. The van der Waals surface area contributed by atoms with Crippen molar-refractivity contribution in [3.05, 3.63) is 173 Å². The Labute approximate surface area is 255 Å². The number of fused-ring (bicyclic) bond motifs is 7. The fraction of sp³-hybridized carbons (Fsp3) is 0.0769. The number of hydrogen-bond acceptors (Lipinski definition) is 5. The Kier molecular flexibility index (Phi) is 5.63. The van der Waals surface area contributed by atoms with Crippen LogP contribution in [0.4, 0.5) is 11.4 Å². The molecule has 5 aromatic carbocycles. The van der Waals surface area contributed by atoms with Crippen molar-refractivity contribution < 1.29 is 4.42 Å². The molecule has 210 valence electrons. The van der Waals surface area contributed by atoms with Crippen LogP contribution in [0.25, 0.3) is 17.0 Å². The lowest BCUT2D eigenvalue weighted by Crippen LogP contribution is -2.36. The van der Waals surface area contributed by atoms with Crippen LogP contribution in [0.15, 0.2) is 154 Å². The lowest BCUT2D eigenvalue weighted by molar-refractivity contribution is 0.584. The van der Waals surface area contributed by atoms with Crippen molar-refractivity contribution in [3.63, 3.8) is 0 Å². The first-order chi connectivity index (χ1) is 21.8. The summed E-state index contributed by atoms with van der Waals surface area (Å²) in [5.41, 5.74) is 8.87. The Morgan fingerprint density at radius 3 is 1.93 bits per heavy atom. The van der Waals surface area contributed by atoms with Gasteiger partial charge in [0, 0.05) is 44.9 Å². The Morgan fingerprint density at radius 1 is 0.614 bits per heavy atom. The summed E-state index contributed by atoms with van der Waals surface area (Å²) in [6, 6.07) is 46.4. The van der Waals surface area contributed by atoms with Crippen molar-refractivity contribution in [1.82, 2.24) is 5.32 Å². The van der Waals surface area contributed by atoms with Crippen LogP contribution in [0.5, 0.6) is 0 Å². The van der Waals surface area contributed by atoms with Gasteiger partial charge in [0.25, 0.3) is 0 Å². The monoisotopic (exact) mass is 568 g/mol. The summed E-state index contributed by atoms with van der Waals surface area (Å²) in [4.78, 5) is 12.9. The molecule has 6 aromatic rings. The maximum atomic E-state index is 6.59. The number of furan rings is 1. The molecule has 0 bridgehead atoms. The van der Waals surface area contributed by atoms with Crippen LogP contribution in [-0.4, -0.2) is 17.7 Å². The molecule has 2 unspecified atom stereocenters. The van der Waals surface area contributed by atoms with E-state index in [4.69, 9.17) is 14.4 Å². The van der Waals surface area contributed by atoms with E-state index < -0.39 is 6.17 Å². The van der Waals surface area contributed by atoms with Crippen molar-refractivity contribution >= 4 is 40.1 Å².